The summed E-state index contributed by atoms with van der Waals surface area (Å²) in [5, 5.41) is 3.64. The fraction of sp³-hybridized carbons (Fsp3) is 0.647. The zero-order chi connectivity index (χ0) is 15.5. The highest BCUT2D eigenvalue weighted by Gasteiger charge is 2.30. The van der Waals surface area contributed by atoms with Gasteiger partial charge in [-0.05, 0) is 30.7 Å². The van der Waals surface area contributed by atoms with Gasteiger partial charge in [0, 0.05) is 24.2 Å². The van der Waals surface area contributed by atoms with E-state index in [0.717, 1.165) is 23.6 Å². The van der Waals surface area contributed by atoms with E-state index in [1.807, 2.05) is 12.1 Å². The van der Waals surface area contributed by atoms with Crippen LogP contribution in [0.1, 0.15) is 38.7 Å². The van der Waals surface area contributed by atoms with E-state index in [-0.39, 0.29) is 0 Å². The number of hydrogen-bond acceptors (Lipinski definition) is 4. The highest BCUT2D eigenvalue weighted by atomic mass is 16.5. The monoisotopic (exact) mass is 293 g/mol. The Labute approximate surface area is 127 Å². The van der Waals surface area contributed by atoms with Crippen LogP contribution < -0.4 is 19.5 Å². The smallest absolute Gasteiger partial charge is 0.164 e. The van der Waals surface area contributed by atoms with Gasteiger partial charge in [-0.1, -0.05) is 13.8 Å². The maximum Gasteiger partial charge on any atom is 0.164 e. The van der Waals surface area contributed by atoms with Gasteiger partial charge < -0.3 is 19.5 Å². The molecular weight excluding hydrogens is 266 g/mol. The molecule has 1 N–H and O–H groups in total. The van der Waals surface area contributed by atoms with Crippen molar-refractivity contribution < 1.29 is 14.2 Å². The fourth-order valence-electron chi connectivity index (χ4n) is 3.10. The van der Waals surface area contributed by atoms with Gasteiger partial charge in [-0.2, -0.15) is 0 Å². The molecule has 1 aliphatic carbocycles. The van der Waals surface area contributed by atoms with Gasteiger partial charge in [-0.3, -0.25) is 0 Å². The summed E-state index contributed by atoms with van der Waals surface area (Å²) in [7, 11) is 4.97. The van der Waals surface area contributed by atoms with E-state index in [4.69, 9.17) is 14.2 Å². The molecular formula is C17H27NO3. The summed E-state index contributed by atoms with van der Waals surface area (Å²) in [6.45, 7) is 5.46. The van der Waals surface area contributed by atoms with Crippen molar-refractivity contribution in [1.82, 2.24) is 5.32 Å². The van der Waals surface area contributed by atoms with E-state index in [9.17, 15) is 0 Å². The van der Waals surface area contributed by atoms with Crippen molar-refractivity contribution in [2.75, 3.05) is 21.3 Å². The number of nitrogens with one attached hydrogen (secondary N) is 1. The standard InChI is InChI=1S/C17H27NO3/c1-17(2)7-6-13(10-17)18-11-12-8-15(20-4)16(21-5)9-14(12)19-3/h8-9,13,18H,6-7,10-11H2,1-5H3. The van der Waals surface area contributed by atoms with Crippen LogP contribution in [0.15, 0.2) is 12.1 Å². The van der Waals surface area contributed by atoms with Gasteiger partial charge in [0.05, 0.1) is 21.3 Å². The lowest BCUT2D eigenvalue weighted by molar-refractivity contribution is 0.345. The third kappa shape index (κ3) is 3.82. The highest BCUT2D eigenvalue weighted by molar-refractivity contribution is 5.50. The van der Waals surface area contributed by atoms with E-state index in [0.29, 0.717) is 17.2 Å². The van der Waals surface area contributed by atoms with Crippen LogP contribution in [-0.4, -0.2) is 27.4 Å². The number of rotatable bonds is 6. The molecule has 0 radical (unpaired) electrons. The van der Waals surface area contributed by atoms with Crippen molar-refractivity contribution in [1.29, 1.82) is 0 Å². The molecule has 1 unspecified atom stereocenters. The predicted octanol–water partition coefficient (Wildman–Crippen LogP) is 3.38. The van der Waals surface area contributed by atoms with Crippen molar-refractivity contribution in [3.8, 4) is 17.2 Å². The molecule has 0 heterocycles. The summed E-state index contributed by atoms with van der Waals surface area (Å²) >= 11 is 0. The van der Waals surface area contributed by atoms with E-state index < -0.39 is 0 Å². The molecule has 0 saturated heterocycles. The van der Waals surface area contributed by atoms with Crippen molar-refractivity contribution >= 4 is 0 Å². The topological polar surface area (TPSA) is 39.7 Å². The van der Waals surface area contributed by atoms with Crippen LogP contribution in [0.3, 0.4) is 0 Å². The van der Waals surface area contributed by atoms with Gasteiger partial charge in [-0.25, -0.2) is 0 Å². The normalized spacial score (nSPS) is 20.3. The van der Waals surface area contributed by atoms with Crippen LogP contribution in [0.25, 0.3) is 0 Å². The van der Waals surface area contributed by atoms with Crippen molar-refractivity contribution in [3.63, 3.8) is 0 Å². The Bertz CT molecular complexity index is 485. The Hall–Kier alpha value is -1.42. The van der Waals surface area contributed by atoms with Crippen molar-refractivity contribution in [2.24, 2.45) is 5.41 Å². The molecule has 0 amide bonds. The molecule has 0 spiro atoms. The molecule has 0 bridgehead atoms. The summed E-state index contributed by atoms with van der Waals surface area (Å²) in [6, 6.07) is 4.46. The molecule has 1 aromatic rings. The molecule has 2 rings (SSSR count). The molecule has 0 aromatic heterocycles. The largest absolute Gasteiger partial charge is 0.496 e. The second kappa shape index (κ2) is 6.56. The molecule has 21 heavy (non-hydrogen) atoms. The highest BCUT2D eigenvalue weighted by Crippen LogP contribution is 2.38. The summed E-state index contributed by atoms with van der Waals surface area (Å²) in [6.07, 6.45) is 3.75. The number of methoxy groups -OCH3 is 3. The molecule has 4 heteroatoms. The molecule has 1 aromatic carbocycles. The van der Waals surface area contributed by atoms with Gasteiger partial charge in [-0.15, -0.1) is 0 Å². The summed E-state index contributed by atoms with van der Waals surface area (Å²) in [4.78, 5) is 0. The molecule has 4 nitrogen and oxygen atoms in total. The number of ether oxygens (including phenoxy) is 3. The van der Waals surface area contributed by atoms with Gasteiger partial charge in [0.15, 0.2) is 11.5 Å². The lowest BCUT2D eigenvalue weighted by Crippen LogP contribution is -2.27. The first-order chi connectivity index (χ1) is 9.99. The van der Waals surface area contributed by atoms with Crippen LogP contribution in [0.4, 0.5) is 0 Å². The second-order valence-corrected chi connectivity index (χ2v) is 6.50. The zero-order valence-electron chi connectivity index (χ0n) is 13.8. The minimum atomic E-state index is 0.458. The molecule has 118 valence electrons. The predicted molar refractivity (Wildman–Crippen MR) is 84.4 cm³/mol. The summed E-state index contributed by atoms with van der Waals surface area (Å²) in [5.41, 5.74) is 1.55. The third-order valence-corrected chi connectivity index (χ3v) is 4.34. The van der Waals surface area contributed by atoms with Gasteiger partial charge in [0.1, 0.15) is 5.75 Å². The number of hydrogen-bond donors (Lipinski definition) is 1. The summed E-state index contributed by atoms with van der Waals surface area (Å²) in [5.74, 6) is 2.26. The first-order valence-corrected chi connectivity index (χ1v) is 7.51. The first-order valence-electron chi connectivity index (χ1n) is 7.51. The Morgan fingerprint density at radius 3 is 2.19 bits per heavy atom. The maximum absolute atomic E-state index is 5.47. The second-order valence-electron chi connectivity index (χ2n) is 6.50. The van der Waals surface area contributed by atoms with E-state index in [1.165, 1.54) is 19.3 Å². The maximum atomic E-state index is 5.47. The molecule has 1 fully saturated rings. The lowest BCUT2D eigenvalue weighted by atomic mass is 9.92. The van der Waals surface area contributed by atoms with E-state index in [1.54, 1.807) is 21.3 Å². The van der Waals surface area contributed by atoms with Crippen LogP contribution in [0.5, 0.6) is 17.2 Å². The lowest BCUT2D eigenvalue weighted by Gasteiger charge is -2.19. The minimum Gasteiger partial charge on any atom is -0.496 e. The molecule has 1 aliphatic rings. The average molecular weight is 293 g/mol. The Morgan fingerprint density at radius 2 is 1.67 bits per heavy atom. The van der Waals surface area contributed by atoms with Crippen molar-refractivity contribution in [3.05, 3.63) is 17.7 Å². The number of benzene rings is 1. The van der Waals surface area contributed by atoms with E-state index in [2.05, 4.69) is 19.2 Å². The molecule has 1 saturated carbocycles. The van der Waals surface area contributed by atoms with E-state index >= 15 is 0 Å². The molecule has 0 aliphatic heterocycles. The third-order valence-electron chi connectivity index (χ3n) is 4.34. The van der Waals surface area contributed by atoms with Crippen LogP contribution >= 0.6 is 0 Å². The van der Waals surface area contributed by atoms with Gasteiger partial charge in [0.25, 0.3) is 0 Å². The minimum absolute atomic E-state index is 0.458. The van der Waals surface area contributed by atoms with Gasteiger partial charge in [0.2, 0.25) is 0 Å². The summed E-state index contributed by atoms with van der Waals surface area (Å²) < 4.78 is 16.2. The average Bonchev–Trinajstić information content (AvgIpc) is 2.83. The Balaban J connectivity index is 2.08. The SMILES string of the molecule is COc1cc(OC)c(OC)cc1CNC1CCC(C)(C)C1. The zero-order valence-corrected chi connectivity index (χ0v) is 13.8. The quantitative estimate of drug-likeness (QED) is 0.873. The van der Waals surface area contributed by atoms with Crippen LogP contribution in [0.2, 0.25) is 0 Å². The first kappa shape index (κ1) is 16.0. The van der Waals surface area contributed by atoms with Crippen LogP contribution in [0, 0.1) is 5.41 Å². The fourth-order valence-corrected chi connectivity index (χ4v) is 3.10. The molecule has 1 atom stereocenters. The Kier molecular flexibility index (Phi) is 4.99. The van der Waals surface area contributed by atoms with Crippen LogP contribution in [-0.2, 0) is 6.54 Å². The van der Waals surface area contributed by atoms with Crippen molar-refractivity contribution in [2.45, 2.75) is 45.7 Å². The Morgan fingerprint density at radius 1 is 1.05 bits per heavy atom. The van der Waals surface area contributed by atoms with Gasteiger partial charge >= 0.3 is 0 Å².